The molecule has 108 valence electrons. The molecular weight excluding hydrogens is 226 g/mol. The molecule has 1 heterocycles. The molecule has 0 aromatic rings. The monoisotopic (exact) mass is 257 g/mol. The summed E-state index contributed by atoms with van der Waals surface area (Å²) in [6, 6.07) is 0. The standard InChI is InChI=1S/C15H31NO2/c1-13(2)11-15(17)12-16-8-4-3-5-14-6-9-18-10-7-14/h13-17H,3-12H2,1-2H3. The molecule has 1 aliphatic rings. The molecule has 0 aromatic heterocycles. The van der Waals surface area contributed by atoms with Crippen LogP contribution in [-0.2, 0) is 4.74 Å². The van der Waals surface area contributed by atoms with E-state index in [4.69, 9.17) is 4.74 Å². The number of aliphatic hydroxyl groups excluding tert-OH is 1. The van der Waals surface area contributed by atoms with Crippen LogP contribution in [0.4, 0.5) is 0 Å². The lowest BCUT2D eigenvalue weighted by Crippen LogP contribution is -2.28. The van der Waals surface area contributed by atoms with Crippen molar-refractivity contribution in [2.45, 2.75) is 58.5 Å². The summed E-state index contributed by atoms with van der Waals surface area (Å²) < 4.78 is 5.36. The number of nitrogens with one attached hydrogen (secondary N) is 1. The fourth-order valence-corrected chi connectivity index (χ4v) is 2.61. The lowest BCUT2D eigenvalue weighted by Gasteiger charge is -2.21. The number of ether oxygens (including phenoxy) is 1. The van der Waals surface area contributed by atoms with Gasteiger partial charge in [-0.3, -0.25) is 0 Å². The molecule has 2 N–H and O–H groups in total. The maximum atomic E-state index is 9.70. The first-order valence-electron chi connectivity index (χ1n) is 7.65. The van der Waals surface area contributed by atoms with Gasteiger partial charge in [-0.2, -0.15) is 0 Å². The second-order valence-corrected chi connectivity index (χ2v) is 6.04. The van der Waals surface area contributed by atoms with Gasteiger partial charge < -0.3 is 15.2 Å². The largest absolute Gasteiger partial charge is 0.392 e. The minimum absolute atomic E-state index is 0.180. The predicted octanol–water partition coefficient (Wildman–Crippen LogP) is 2.58. The molecule has 0 spiro atoms. The van der Waals surface area contributed by atoms with Crippen LogP contribution in [-0.4, -0.2) is 37.5 Å². The number of hydrogen-bond acceptors (Lipinski definition) is 3. The highest BCUT2D eigenvalue weighted by Crippen LogP contribution is 2.20. The summed E-state index contributed by atoms with van der Waals surface area (Å²) in [7, 11) is 0. The zero-order chi connectivity index (χ0) is 13.2. The van der Waals surface area contributed by atoms with Gasteiger partial charge in [0.1, 0.15) is 0 Å². The first-order valence-corrected chi connectivity index (χ1v) is 7.65. The highest BCUT2D eigenvalue weighted by molar-refractivity contribution is 4.65. The number of hydrogen-bond donors (Lipinski definition) is 2. The molecule has 1 rings (SSSR count). The molecule has 1 saturated heterocycles. The predicted molar refractivity (Wildman–Crippen MR) is 75.7 cm³/mol. The van der Waals surface area contributed by atoms with E-state index in [0.717, 1.165) is 38.6 Å². The van der Waals surface area contributed by atoms with Gasteiger partial charge in [-0.25, -0.2) is 0 Å². The minimum atomic E-state index is -0.180. The first-order chi connectivity index (χ1) is 8.68. The summed E-state index contributed by atoms with van der Waals surface area (Å²) in [4.78, 5) is 0. The molecule has 3 heteroatoms. The van der Waals surface area contributed by atoms with Gasteiger partial charge >= 0.3 is 0 Å². The quantitative estimate of drug-likeness (QED) is 0.624. The topological polar surface area (TPSA) is 41.5 Å². The van der Waals surface area contributed by atoms with E-state index >= 15 is 0 Å². The highest BCUT2D eigenvalue weighted by Gasteiger charge is 2.12. The van der Waals surface area contributed by atoms with Crippen LogP contribution in [0.2, 0.25) is 0 Å². The Balaban J connectivity index is 1.86. The third-order valence-corrected chi connectivity index (χ3v) is 3.68. The SMILES string of the molecule is CC(C)CC(O)CNCCCCC1CCOCC1. The third kappa shape index (κ3) is 8.06. The summed E-state index contributed by atoms with van der Waals surface area (Å²) in [5.41, 5.74) is 0. The van der Waals surface area contributed by atoms with Crippen molar-refractivity contribution in [1.29, 1.82) is 0 Å². The second kappa shape index (κ2) is 9.76. The molecule has 0 saturated carbocycles. The second-order valence-electron chi connectivity index (χ2n) is 6.04. The zero-order valence-corrected chi connectivity index (χ0v) is 12.2. The van der Waals surface area contributed by atoms with Gasteiger partial charge in [0, 0.05) is 19.8 Å². The average Bonchev–Trinajstić information content (AvgIpc) is 2.34. The molecule has 0 aliphatic carbocycles. The number of rotatable bonds is 9. The Labute approximate surface area is 112 Å². The molecule has 1 fully saturated rings. The van der Waals surface area contributed by atoms with Crippen LogP contribution in [0.15, 0.2) is 0 Å². The fourth-order valence-electron chi connectivity index (χ4n) is 2.61. The highest BCUT2D eigenvalue weighted by atomic mass is 16.5. The summed E-state index contributed by atoms with van der Waals surface area (Å²) in [5.74, 6) is 1.47. The van der Waals surface area contributed by atoms with Crippen molar-refractivity contribution in [2.75, 3.05) is 26.3 Å². The molecule has 1 unspecified atom stereocenters. The van der Waals surface area contributed by atoms with E-state index in [0.29, 0.717) is 5.92 Å². The molecule has 0 amide bonds. The minimum Gasteiger partial charge on any atom is -0.392 e. The van der Waals surface area contributed by atoms with Crippen LogP contribution < -0.4 is 5.32 Å². The lowest BCUT2D eigenvalue weighted by atomic mass is 9.94. The summed E-state index contributed by atoms with van der Waals surface area (Å²) in [6.45, 7) is 8.01. The third-order valence-electron chi connectivity index (χ3n) is 3.68. The Morgan fingerprint density at radius 1 is 1.22 bits per heavy atom. The number of unbranched alkanes of at least 4 members (excludes halogenated alkanes) is 1. The van der Waals surface area contributed by atoms with Crippen molar-refractivity contribution in [3.05, 3.63) is 0 Å². The Kier molecular flexibility index (Phi) is 8.64. The maximum absolute atomic E-state index is 9.70. The Hall–Kier alpha value is -0.120. The molecule has 18 heavy (non-hydrogen) atoms. The lowest BCUT2D eigenvalue weighted by molar-refractivity contribution is 0.0631. The van der Waals surface area contributed by atoms with Gasteiger partial charge in [0.25, 0.3) is 0 Å². The van der Waals surface area contributed by atoms with E-state index in [1.165, 1.54) is 32.1 Å². The van der Waals surface area contributed by atoms with Crippen LogP contribution in [0.3, 0.4) is 0 Å². The van der Waals surface area contributed by atoms with E-state index in [9.17, 15) is 5.11 Å². The van der Waals surface area contributed by atoms with Crippen molar-refractivity contribution < 1.29 is 9.84 Å². The normalized spacial score (nSPS) is 19.3. The summed E-state index contributed by atoms with van der Waals surface area (Å²) in [6.07, 6.45) is 7.10. The molecule has 0 aromatic carbocycles. The van der Waals surface area contributed by atoms with Crippen LogP contribution >= 0.6 is 0 Å². The Morgan fingerprint density at radius 2 is 1.94 bits per heavy atom. The summed E-state index contributed by atoms with van der Waals surface area (Å²) >= 11 is 0. The average molecular weight is 257 g/mol. The van der Waals surface area contributed by atoms with E-state index < -0.39 is 0 Å². The molecule has 1 atom stereocenters. The first kappa shape index (κ1) is 15.9. The maximum Gasteiger partial charge on any atom is 0.0667 e. The van der Waals surface area contributed by atoms with Crippen molar-refractivity contribution in [1.82, 2.24) is 5.32 Å². The van der Waals surface area contributed by atoms with Crippen LogP contribution in [0.1, 0.15) is 52.4 Å². The molecule has 0 radical (unpaired) electrons. The van der Waals surface area contributed by atoms with Gasteiger partial charge in [0.2, 0.25) is 0 Å². The van der Waals surface area contributed by atoms with E-state index in [1.807, 2.05) is 0 Å². The molecular formula is C15H31NO2. The van der Waals surface area contributed by atoms with Crippen molar-refractivity contribution in [3.8, 4) is 0 Å². The van der Waals surface area contributed by atoms with Crippen molar-refractivity contribution >= 4 is 0 Å². The van der Waals surface area contributed by atoms with E-state index in [1.54, 1.807) is 0 Å². The van der Waals surface area contributed by atoms with Gasteiger partial charge in [-0.05, 0) is 44.1 Å². The van der Waals surface area contributed by atoms with E-state index in [2.05, 4.69) is 19.2 Å². The van der Waals surface area contributed by atoms with Crippen LogP contribution in [0.5, 0.6) is 0 Å². The smallest absolute Gasteiger partial charge is 0.0667 e. The van der Waals surface area contributed by atoms with Gasteiger partial charge in [0.05, 0.1) is 6.10 Å². The van der Waals surface area contributed by atoms with Crippen LogP contribution in [0.25, 0.3) is 0 Å². The fraction of sp³-hybridized carbons (Fsp3) is 1.00. The molecule has 3 nitrogen and oxygen atoms in total. The van der Waals surface area contributed by atoms with Gasteiger partial charge in [-0.15, -0.1) is 0 Å². The van der Waals surface area contributed by atoms with Gasteiger partial charge in [0.15, 0.2) is 0 Å². The Bertz CT molecular complexity index is 191. The van der Waals surface area contributed by atoms with Gasteiger partial charge in [-0.1, -0.05) is 26.7 Å². The molecule has 0 bridgehead atoms. The van der Waals surface area contributed by atoms with Crippen molar-refractivity contribution in [3.63, 3.8) is 0 Å². The van der Waals surface area contributed by atoms with Crippen LogP contribution in [0, 0.1) is 11.8 Å². The Morgan fingerprint density at radius 3 is 2.61 bits per heavy atom. The number of aliphatic hydroxyl groups is 1. The summed E-state index contributed by atoms with van der Waals surface area (Å²) in [5, 5.41) is 13.1. The van der Waals surface area contributed by atoms with Crippen molar-refractivity contribution in [2.24, 2.45) is 11.8 Å². The zero-order valence-electron chi connectivity index (χ0n) is 12.2. The molecule has 1 aliphatic heterocycles. The van der Waals surface area contributed by atoms with E-state index in [-0.39, 0.29) is 6.10 Å².